The van der Waals surface area contributed by atoms with Gasteiger partial charge in [-0.05, 0) is 30.5 Å². The Morgan fingerprint density at radius 2 is 1.71 bits per heavy atom. The van der Waals surface area contributed by atoms with Crippen LogP contribution in [0.4, 0.5) is 13.2 Å². The van der Waals surface area contributed by atoms with E-state index in [2.05, 4.69) is 15.9 Å². The van der Waals surface area contributed by atoms with E-state index in [4.69, 9.17) is 0 Å². The highest BCUT2D eigenvalue weighted by molar-refractivity contribution is 9.09. The van der Waals surface area contributed by atoms with Gasteiger partial charge in [0.2, 0.25) is 0 Å². The van der Waals surface area contributed by atoms with Gasteiger partial charge in [-0.2, -0.15) is 13.2 Å². The van der Waals surface area contributed by atoms with Crippen LogP contribution in [0.1, 0.15) is 21.5 Å². The van der Waals surface area contributed by atoms with E-state index in [1.54, 1.807) is 19.1 Å². The van der Waals surface area contributed by atoms with Gasteiger partial charge in [-0.15, -0.1) is 0 Å². The van der Waals surface area contributed by atoms with Gasteiger partial charge in [-0.3, -0.25) is 0 Å². The largest absolute Gasteiger partial charge is 0.405 e. The minimum Gasteiger partial charge on any atom is -0.169 e. The van der Waals surface area contributed by atoms with Crippen LogP contribution >= 0.6 is 15.9 Å². The van der Waals surface area contributed by atoms with E-state index in [0.29, 0.717) is 0 Å². The second kappa shape index (κ2) is 3.93. The molecule has 0 saturated carbocycles. The number of halogens is 4. The lowest BCUT2D eigenvalue weighted by Gasteiger charge is -2.15. The first kappa shape index (κ1) is 11.6. The van der Waals surface area contributed by atoms with Crippen LogP contribution in [0.2, 0.25) is 0 Å². The molecule has 0 saturated heterocycles. The molecule has 0 fully saturated rings. The van der Waals surface area contributed by atoms with Gasteiger partial charge < -0.3 is 0 Å². The molecular formula is C10H10BrF3. The molecule has 0 radical (unpaired) electrons. The lowest BCUT2D eigenvalue weighted by Crippen LogP contribution is -2.15. The van der Waals surface area contributed by atoms with Gasteiger partial charge in [0, 0.05) is 0 Å². The molecule has 0 nitrogen and oxygen atoms in total. The van der Waals surface area contributed by atoms with Crippen molar-refractivity contribution in [2.24, 2.45) is 0 Å². The Kier molecular flexibility index (Phi) is 3.24. The number of alkyl halides is 4. The normalized spacial score (nSPS) is 14.1. The van der Waals surface area contributed by atoms with Crippen molar-refractivity contribution in [3.05, 3.63) is 34.9 Å². The molecule has 14 heavy (non-hydrogen) atoms. The topological polar surface area (TPSA) is 0 Å². The highest BCUT2D eigenvalue weighted by atomic mass is 79.9. The Balaban J connectivity index is 3.03. The summed E-state index contributed by atoms with van der Waals surface area (Å²) >= 11 is 2.64. The second-order valence-electron chi connectivity index (χ2n) is 3.25. The number of rotatable bonds is 1. The van der Waals surface area contributed by atoms with Gasteiger partial charge in [0.05, 0.1) is 0 Å². The molecule has 4 heteroatoms. The molecule has 0 aromatic heterocycles. The molecule has 78 valence electrons. The summed E-state index contributed by atoms with van der Waals surface area (Å²) in [6.07, 6.45) is -4.23. The molecular weight excluding hydrogens is 257 g/mol. The van der Waals surface area contributed by atoms with Gasteiger partial charge in [0.15, 0.2) is 0 Å². The molecule has 0 aliphatic carbocycles. The van der Waals surface area contributed by atoms with Gasteiger partial charge in [-0.1, -0.05) is 34.1 Å². The Labute approximate surface area is 89.3 Å². The Morgan fingerprint density at radius 3 is 2.14 bits per heavy atom. The first-order valence-electron chi connectivity index (χ1n) is 4.10. The van der Waals surface area contributed by atoms with Crippen LogP contribution in [-0.4, -0.2) is 6.18 Å². The lowest BCUT2D eigenvalue weighted by molar-refractivity contribution is -0.128. The summed E-state index contributed by atoms with van der Waals surface area (Å²) in [7, 11) is 0. The van der Waals surface area contributed by atoms with Crippen LogP contribution in [0.25, 0.3) is 0 Å². The fourth-order valence-corrected chi connectivity index (χ4v) is 1.40. The van der Waals surface area contributed by atoms with Crippen molar-refractivity contribution in [1.29, 1.82) is 0 Å². The fourth-order valence-electron chi connectivity index (χ4n) is 1.11. The van der Waals surface area contributed by atoms with Gasteiger partial charge in [0.1, 0.15) is 4.83 Å². The van der Waals surface area contributed by atoms with Crippen molar-refractivity contribution in [2.45, 2.75) is 24.9 Å². The summed E-state index contributed by atoms with van der Waals surface area (Å²) in [6, 6.07) is 4.75. The molecule has 0 N–H and O–H groups in total. The summed E-state index contributed by atoms with van der Waals surface area (Å²) in [6.45, 7) is 3.67. The van der Waals surface area contributed by atoms with Crippen molar-refractivity contribution >= 4 is 15.9 Å². The van der Waals surface area contributed by atoms with E-state index in [0.717, 1.165) is 11.1 Å². The van der Waals surface area contributed by atoms with Crippen molar-refractivity contribution in [3.8, 4) is 0 Å². The molecule has 1 aromatic carbocycles. The molecule has 1 unspecified atom stereocenters. The average Bonchev–Trinajstić information content (AvgIpc) is 2.07. The van der Waals surface area contributed by atoms with Gasteiger partial charge in [0.25, 0.3) is 0 Å². The third kappa shape index (κ3) is 2.50. The van der Waals surface area contributed by atoms with Crippen molar-refractivity contribution in [3.63, 3.8) is 0 Å². The van der Waals surface area contributed by atoms with Gasteiger partial charge >= 0.3 is 6.18 Å². The lowest BCUT2D eigenvalue weighted by atomic mass is 10.0. The Morgan fingerprint density at radius 1 is 1.14 bits per heavy atom. The zero-order valence-corrected chi connectivity index (χ0v) is 9.41. The minimum absolute atomic E-state index is 0.251. The van der Waals surface area contributed by atoms with E-state index in [9.17, 15) is 13.2 Å². The number of aryl methyl sites for hydroxylation is 2. The predicted octanol–water partition coefficient (Wildman–Crippen LogP) is 4.30. The van der Waals surface area contributed by atoms with Crippen LogP contribution in [0.15, 0.2) is 18.2 Å². The van der Waals surface area contributed by atoms with Crippen molar-refractivity contribution in [1.82, 2.24) is 0 Å². The monoisotopic (exact) mass is 266 g/mol. The smallest absolute Gasteiger partial charge is 0.169 e. The van der Waals surface area contributed by atoms with E-state index < -0.39 is 11.0 Å². The maximum Gasteiger partial charge on any atom is 0.405 e. The summed E-state index contributed by atoms with van der Waals surface area (Å²) in [5.41, 5.74) is 2.12. The maximum atomic E-state index is 12.3. The molecule has 0 aliphatic heterocycles. The number of hydrogen-bond donors (Lipinski definition) is 0. The third-order valence-corrected chi connectivity index (χ3v) is 3.16. The molecule has 0 amide bonds. The van der Waals surface area contributed by atoms with Crippen molar-refractivity contribution in [2.75, 3.05) is 0 Å². The van der Waals surface area contributed by atoms with Crippen LogP contribution in [0.5, 0.6) is 0 Å². The maximum absolute atomic E-state index is 12.3. The van der Waals surface area contributed by atoms with Crippen LogP contribution < -0.4 is 0 Å². The Hall–Kier alpha value is -0.510. The standard InChI is InChI=1S/C10H10BrF3/c1-6-3-4-8(5-7(6)2)9(11)10(12,13)14/h3-5,9H,1-2H3. The molecule has 0 spiro atoms. The molecule has 0 aliphatic rings. The fraction of sp³-hybridized carbons (Fsp3) is 0.400. The van der Waals surface area contributed by atoms with Crippen molar-refractivity contribution < 1.29 is 13.2 Å². The summed E-state index contributed by atoms with van der Waals surface area (Å²) in [4.78, 5) is -1.57. The first-order chi connectivity index (χ1) is 6.32. The van der Waals surface area contributed by atoms with Crippen LogP contribution in [0, 0.1) is 13.8 Å². The SMILES string of the molecule is Cc1ccc(C(Br)C(F)(F)F)cc1C. The zero-order chi connectivity index (χ0) is 10.9. The quantitative estimate of drug-likeness (QED) is 0.665. The van der Waals surface area contributed by atoms with Crippen LogP contribution in [-0.2, 0) is 0 Å². The third-order valence-electron chi connectivity index (χ3n) is 2.11. The average molecular weight is 267 g/mol. The number of hydrogen-bond acceptors (Lipinski definition) is 0. The summed E-state index contributed by atoms with van der Waals surface area (Å²) in [5.74, 6) is 0. The molecule has 1 atom stereocenters. The predicted molar refractivity (Wildman–Crippen MR) is 53.6 cm³/mol. The second-order valence-corrected chi connectivity index (χ2v) is 4.16. The molecule has 1 aromatic rings. The number of benzene rings is 1. The van der Waals surface area contributed by atoms with E-state index >= 15 is 0 Å². The van der Waals surface area contributed by atoms with Gasteiger partial charge in [-0.25, -0.2) is 0 Å². The minimum atomic E-state index is -4.23. The molecule has 0 bridgehead atoms. The molecule has 0 heterocycles. The Bertz CT molecular complexity index is 331. The summed E-state index contributed by atoms with van der Waals surface area (Å²) < 4.78 is 37.0. The van der Waals surface area contributed by atoms with E-state index in [1.165, 1.54) is 6.07 Å². The zero-order valence-electron chi connectivity index (χ0n) is 7.82. The van der Waals surface area contributed by atoms with E-state index in [1.807, 2.05) is 6.92 Å². The van der Waals surface area contributed by atoms with E-state index in [-0.39, 0.29) is 5.56 Å². The van der Waals surface area contributed by atoms with Crippen LogP contribution in [0.3, 0.4) is 0 Å². The highest BCUT2D eigenvalue weighted by Crippen LogP contribution is 2.39. The first-order valence-corrected chi connectivity index (χ1v) is 5.02. The highest BCUT2D eigenvalue weighted by Gasteiger charge is 2.38. The molecule has 1 rings (SSSR count). The summed E-state index contributed by atoms with van der Waals surface area (Å²) in [5, 5.41) is 0.